The van der Waals surface area contributed by atoms with Gasteiger partial charge in [0.15, 0.2) is 0 Å². The van der Waals surface area contributed by atoms with Crippen molar-refractivity contribution in [1.82, 2.24) is 10.2 Å². The van der Waals surface area contributed by atoms with Crippen molar-refractivity contribution >= 4 is 50.7 Å². The number of anilines is 1. The van der Waals surface area contributed by atoms with E-state index in [9.17, 15) is 18.0 Å². The Morgan fingerprint density at radius 3 is 2.08 bits per heavy atom. The lowest BCUT2D eigenvalue weighted by molar-refractivity contribution is -0.140. The molecule has 2 atom stereocenters. The minimum Gasteiger partial charge on any atom is -0.352 e. The third kappa shape index (κ3) is 9.40. The number of nitrogens with one attached hydrogen (secondary N) is 1. The highest BCUT2D eigenvalue weighted by Crippen LogP contribution is 2.28. The molecule has 10 heteroatoms. The van der Waals surface area contributed by atoms with Crippen LogP contribution in [0.25, 0.3) is 0 Å². The number of rotatable bonds is 14. The van der Waals surface area contributed by atoms with Crippen LogP contribution in [0.2, 0.25) is 10.0 Å². The van der Waals surface area contributed by atoms with Crippen molar-refractivity contribution in [2.75, 3.05) is 10.8 Å². The van der Waals surface area contributed by atoms with E-state index in [0.717, 1.165) is 21.0 Å². The number of nitrogens with zero attached hydrogens (tertiary/aromatic N) is 2. The van der Waals surface area contributed by atoms with Crippen LogP contribution in [0.1, 0.15) is 62.3 Å². The summed E-state index contributed by atoms with van der Waals surface area (Å²) in [4.78, 5) is 30.2. The zero-order chi connectivity index (χ0) is 35.0. The predicted molar refractivity (Wildman–Crippen MR) is 195 cm³/mol. The lowest BCUT2D eigenvalue weighted by Gasteiger charge is -2.34. The van der Waals surface area contributed by atoms with Crippen molar-refractivity contribution in [3.8, 4) is 0 Å². The average molecular weight is 709 g/mol. The SMILES string of the molecule is CC[C@@H](C)NC(=O)[C@H](Cc1ccccc1)N(Cc1ccc(Cl)cc1Cl)C(=O)CN(c1ccc(C(C)C)cc1)S(=O)(=O)c1ccc(C)cc1. The fourth-order valence-electron chi connectivity index (χ4n) is 5.22. The monoisotopic (exact) mass is 707 g/mol. The second-order valence-corrected chi connectivity index (χ2v) is 15.1. The van der Waals surface area contributed by atoms with E-state index in [4.69, 9.17) is 23.2 Å². The second-order valence-electron chi connectivity index (χ2n) is 12.4. The van der Waals surface area contributed by atoms with Gasteiger partial charge in [-0.15, -0.1) is 0 Å². The molecule has 0 aliphatic carbocycles. The molecular weight excluding hydrogens is 665 g/mol. The molecule has 0 bridgehead atoms. The molecule has 0 radical (unpaired) electrons. The van der Waals surface area contributed by atoms with E-state index in [0.29, 0.717) is 27.7 Å². The van der Waals surface area contributed by atoms with Gasteiger partial charge in [0, 0.05) is 29.1 Å². The van der Waals surface area contributed by atoms with Gasteiger partial charge < -0.3 is 10.2 Å². The lowest BCUT2D eigenvalue weighted by Crippen LogP contribution is -2.54. The van der Waals surface area contributed by atoms with Crippen molar-refractivity contribution < 1.29 is 18.0 Å². The molecular formula is C38H43Cl2N3O4S. The van der Waals surface area contributed by atoms with Gasteiger partial charge in [-0.05, 0) is 79.3 Å². The Morgan fingerprint density at radius 2 is 1.50 bits per heavy atom. The fourth-order valence-corrected chi connectivity index (χ4v) is 7.10. The van der Waals surface area contributed by atoms with Gasteiger partial charge in [0.1, 0.15) is 12.6 Å². The molecule has 0 aliphatic heterocycles. The summed E-state index contributed by atoms with van der Waals surface area (Å²) in [6, 6.07) is 26.9. The number of benzene rings is 4. The van der Waals surface area contributed by atoms with Gasteiger partial charge in [0.25, 0.3) is 10.0 Å². The van der Waals surface area contributed by atoms with Crippen molar-refractivity contribution in [1.29, 1.82) is 0 Å². The van der Waals surface area contributed by atoms with E-state index in [1.165, 1.54) is 17.0 Å². The third-order valence-electron chi connectivity index (χ3n) is 8.36. The minimum atomic E-state index is -4.21. The molecule has 0 aliphatic rings. The van der Waals surface area contributed by atoms with E-state index in [1.807, 2.05) is 63.2 Å². The van der Waals surface area contributed by atoms with Crippen molar-refractivity contribution in [3.05, 3.63) is 129 Å². The number of sulfonamides is 1. The zero-order valence-electron chi connectivity index (χ0n) is 28.0. The van der Waals surface area contributed by atoms with Crippen LogP contribution >= 0.6 is 23.2 Å². The van der Waals surface area contributed by atoms with Crippen LogP contribution in [-0.2, 0) is 32.6 Å². The maximum absolute atomic E-state index is 14.7. The van der Waals surface area contributed by atoms with E-state index >= 15 is 0 Å². The van der Waals surface area contributed by atoms with Crippen LogP contribution in [0.3, 0.4) is 0 Å². The number of carbonyl (C=O) groups is 2. The highest BCUT2D eigenvalue weighted by atomic mass is 35.5. The van der Waals surface area contributed by atoms with Crippen LogP contribution in [-0.4, -0.2) is 43.8 Å². The van der Waals surface area contributed by atoms with Gasteiger partial charge in [-0.25, -0.2) is 8.42 Å². The largest absolute Gasteiger partial charge is 0.352 e. The summed E-state index contributed by atoms with van der Waals surface area (Å²) in [5.74, 6) is -0.684. The van der Waals surface area contributed by atoms with Gasteiger partial charge in [0.05, 0.1) is 10.6 Å². The van der Waals surface area contributed by atoms with Gasteiger partial charge in [-0.2, -0.15) is 0 Å². The molecule has 4 rings (SSSR count). The lowest BCUT2D eigenvalue weighted by atomic mass is 10.0. The molecule has 48 heavy (non-hydrogen) atoms. The first-order valence-corrected chi connectivity index (χ1v) is 18.3. The van der Waals surface area contributed by atoms with Crippen molar-refractivity contribution in [2.24, 2.45) is 0 Å². The summed E-state index contributed by atoms with van der Waals surface area (Å²) in [6.07, 6.45) is 0.892. The summed E-state index contributed by atoms with van der Waals surface area (Å²) in [5.41, 5.74) is 3.68. The summed E-state index contributed by atoms with van der Waals surface area (Å²) < 4.78 is 29.7. The molecule has 4 aromatic carbocycles. The fraction of sp³-hybridized carbons (Fsp3) is 0.316. The van der Waals surface area contributed by atoms with E-state index in [1.54, 1.807) is 42.5 Å². The number of hydrogen-bond acceptors (Lipinski definition) is 4. The first-order chi connectivity index (χ1) is 22.8. The van der Waals surface area contributed by atoms with Crippen LogP contribution in [0, 0.1) is 6.92 Å². The Morgan fingerprint density at radius 1 is 0.854 bits per heavy atom. The Labute approximate surface area is 294 Å². The molecule has 2 amide bonds. The van der Waals surface area contributed by atoms with E-state index in [-0.39, 0.29) is 35.7 Å². The van der Waals surface area contributed by atoms with Gasteiger partial charge in [0.2, 0.25) is 11.8 Å². The Bertz CT molecular complexity index is 1800. The topological polar surface area (TPSA) is 86.8 Å². The molecule has 4 aromatic rings. The van der Waals surface area contributed by atoms with Crippen LogP contribution < -0.4 is 9.62 Å². The van der Waals surface area contributed by atoms with E-state index in [2.05, 4.69) is 19.2 Å². The Hall–Kier alpha value is -3.85. The van der Waals surface area contributed by atoms with Crippen LogP contribution in [0.5, 0.6) is 0 Å². The van der Waals surface area contributed by atoms with Crippen molar-refractivity contribution in [3.63, 3.8) is 0 Å². The van der Waals surface area contributed by atoms with Gasteiger partial charge >= 0.3 is 0 Å². The van der Waals surface area contributed by atoms with Gasteiger partial charge in [-0.3, -0.25) is 13.9 Å². The molecule has 1 N–H and O–H groups in total. The average Bonchev–Trinajstić information content (AvgIpc) is 3.06. The highest BCUT2D eigenvalue weighted by molar-refractivity contribution is 7.92. The molecule has 0 unspecified atom stereocenters. The standard InChI is InChI=1S/C38H43Cl2N3O4S/c1-6-28(5)41-38(45)36(22-29-10-8-7-9-11-29)42(24-31-14-17-32(39)23-35(31)40)37(44)25-43(33-18-15-30(16-19-33)26(2)3)48(46,47)34-20-12-27(4)13-21-34/h7-21,23,26,28,36H,6,22,24-25H2,1-5H3,(H,41,45)/t28-,36+/m1/s1. The third-order valence-corrected chi connectivity index (χ3v) is 10.7. The van der Waals surface area contributed by atoms with Crippen molar-refractivity contribution in [2.45, 2.75) is 76.9 Å². The quantitative estimate of drug-likeness (QED) is 0.143. The highest BCUT2D eigenvalue weighted by Gasteiger charge is 2.35. The number of aryl methyl sites for hydroxylation is 1. The maximum Gasteiger partial charge on any atom is 0.264 e. The van der Waals surface area contributed by atoms with E-state index < -0.39 is 28.5 Å². The maximum atomic E-state index is 14.7. The molecule has 0 spiro atoms. The van der Waals surface area contributed by atoms with Crippen LogP contribution in [0.15, 0.2) is 102 Å². The first kappa shape index (κ1) is 37.0. The molecule has 254 valence electrons. The summed E-state index contributed by atoms with van der Waals surface area (Å²) in [7, 11) is -4.21. The zero-order valence-corrected chi connectivity index (χ0v) is 30.3. The molecule has 0 aromatic heterocycles. The summed E-state index contributed by atoms with van der Waals surface area (Å²) in [6.45, 7) is 9.24. The molecule has 0 saturated carbocycles. The number of halogens is 2. The molecule has 0 saturated heterocycles. The molecule has 0 fully saturated rings. The Kier molecular flexibility index (Phi) is 12.7. The minimum absolute atomic E-state index is 0.0506. The summed E-state index contributed by atoms with van der Waals surface area (Å²) >= 11 is 12.8. The Balaban J connectivity index is 1.84. The first-order valence-electron chi connectivity index (χ1n) is 16.1. The smallest absolute Gasteiger partial charge is 0.264 e. The number of amides is 2. The van der Waals surface area contributed by atoms with Gasteiger partial charge in [-0.1, -0.05) is 110 Å². The normalized spacial score (nSPS) is 12.8. The molecule has 0 heterocycles. The number of hydrogen-bond donors (Lipinski definition) is 1. The second kappa shape index (κ2) is 16.5. The summed E-state index contributed by atoms with van der Waals surface area (Å²) in [5, 5.41) is 3.80. The van der Waals surface area contributed by atoms with Crippen LogP contribution in [0.4, 0.5) is 5.69 Å². The predicted octanol–water partition coefficient (Wildman–Crippen LogP) is 8.18. The molecule has 7 nitrogen and oxygen atoms in total. The number of carbonyl (C=O) groups excluding carboxylic acids is 2.